The van der Waals surface area contributed by atoms with Crippen molar-refractivity contribution in [1.82, 2.24) is 9.97 Å². The Kier molecular flexibility index (Phi) is 5.79. The standard InChI is InChI=1S/C21H19N3O3/c1-26-18-10-6-9-17(20(18)27-2)16-13-22-21(23-14-16)24-19(25)12-11-15-7-4-3-5-8-15/h3-14H,1-2H3,(H,22,23,24,25). The van der Waals surface area contributed by atoms with Gasteiger partial charge >= 0.3 is 0 Å². The van der Waals surface area contributed by atoms with Gasteiger partial charge in [0, 0.05) is 29.6 Å². The van der Waals surface area contributed by atoms with Crippen molar-refractivity contribution in [3.8, 4) is 22.6 Å². The van der Waals surface area contributed by atoms with E-state index < -0.39 is 0 Å². The van der Waals surface area contributed by atoms with Gasteiger partial charge in [-0.25, -0.2) is 9.97 Å². The number of nitrogens with one attached hydrogen (secondary N) is 1. The van der Waals surface area contributed by atoms with Crippen LogP contribution in [0.4, 0.5) is 5.95 Å². The van der Waals surface area contributed by atoms with Crippen molar-refractivity contribution in [2.24, 2.45) is 0 Å². The third-order valence-electron chi connectivity index (χ3n) is 3.83. The minimum Gasteiger partial charge on any atom is -0.493 e. The van der Waals surface area contributed by atoms with Crippen LogP contribution in [0, 0.1) is 0 Å². The van der Waals surface area contributed by atoms with Crippen molar-refractivity contribution in [2.75, 3.05) is 19.5 Å². The van der Waals surface area contributed by atoms with Crippen LogP contribution in [0.1, 0.15) is 5.56 Å². The number of benzene rings is 2. The molecule has 3 rings (SSSR count). The first-order valence-corrected chi connectivity index (χ1v) is 8.29. The van der Waals surface area contributed by atoms with Crippen LogP contribution in [0.15, 0.2) is 67.0 Å². The molecular weight excluding hydrogens is 342 g/mol. The Bertz CT molecular complexity index is 939. The molecule has 0 saturated carbocycles. The fourth-order valence-corrected chi connectivity index (χ4v) is 2.53. The molecule has 0 aliphatic carbocycles. The van der Waals surface area contributed by atoms with Gasteiger partial charge in [0.15, 0.2) is 11.5 Å². The summed E-state index contributed by atoms with van der Waals surface area (Å²) in [6.07, 6.45) is 6.42. The Hall–Kier alpha value is -3.67. The van der Waals surface area contributed by atoms with Gasteiger partial charge in [-0.3, -0.25) is 10.1 Å². The van der Waals surface area contributed by atoms with E-state index >= 15 is 0 Å². The molecule has 0 saturated heterocycles. The van der Waals surface area contributed by atoms with Crippen molar-refractivity contribution in [3.05, 3.63) is 72.6 Å². The van der Waals surface area contributed by atoms with Gasteiger partial charge in [-0.1, -0.05) is 42.5 Å². The average Bonchev–Trinajstić information content (AvgIpc) is 2.73. The summed E-state index contributed by atoms with van der Waals surface area (Å²) in [5, 5.41) is 2.64. The Morgan fingerprint density at radius 2 is 1.70 bits per heavy atom. The molecule has 0 spiro atoms. The van der Waals surface area contributed by atoms with Crippen LogP contribution in [-0.4, -0.2) is 30.1 Å². The minimum absolute atomic E-state index is 0.225. The summed E-state index contributed by atoms with van der Waals surface area (Å²) in [4.78, 5) is 20.4. The summed E-state index contributed by atoms with van der Waals surface area (Å²) in [5.74, 6) is 1.15. The maximum atomic E-state index is 12.0. The van der Waals surface area contributed by atoms with E-state index in [1.165, 1.54) is 6.08 Å². The maximum absolute atomic E-state index is 12.0. The van der Waals surface area contributed by atoms with Crippen molar-refractivity contribution in [2.45, 2.75) is 0 Å². The van der Waals surface area contributed by atoms with Crippen molar-refractivity contribution < 1.29 is 14.3 Å². The molecule has 0 unspecified atom stereocenters. The Morgan fingerprint density at radius 1 is 0.963 bits per heavy atom. The number of carbonyl (C=O) groups is 1. The number of hydrogen-bond donors (Lipinski definition) is 1. The quantitative estimate of drug-likeness (QED) is 0.676. The van der Waals surface area contributed by atoms with E-state index in [0.717, 1.165) is 16.7 Å². The lowest BCUT2D eigenvalue weighted by Gasteiger charge is -2.12. The van der Waals surface area contributed by atoms with Crippen LogP contribution >= 0.6 is 0 Å². The zero-order valence-electron chi connectivity index (χ0n) is 15.0. The normalized spacial score (nSPS) is 10.6. The second kappa shape index (κ2) is 8.62. The molecule has 2 aromatic carbocycles. The van der Waals surface area contributed by atoms with Crippen molar-refractivity contribution in [3.63, 3.8) is 0 Å². The lowest BCUT2D eigenvalue weighted by molar-refractivity contribution is -0.111. The molecular formula is C21H19N3O3. The minimum atomic E-state index is -0.300. The number of nitrogens with zero attached hydrogens (tertiary/aromatic N) is 2. The fraction of sp³-hybridized carbons (Fsp3) is 0.0952. The molecule has 0 radical (unpaired) electrons. The summed E-state index contributed by atoms with van der Waals surface area (Å²) in [6.45, 7) is 0. The molecule has 6 nitrogen and oxygen atoms in total. The van der Waals surface area contributed by atoms with Gasteiger partial charge in [-0.2, -0.15) is 0 Å². The van der Waals surface area contributed by atoms with E-state index in [1.807, 2.05) is 48.5 Å². The molecule has 0 atom stereocenters. The third-order valence-corrected chi connectivity index (χ3v) is 3.83. The molecule has 1 heterocycles. The van der Waals surface area contributed by atoms with Crippen molar-refractivity contribution >= 4 is 17.9 Å². The smallest absolute Gasteiger partial charge is 0.250 e. The Balaban J connectivity index is 1.73. The zero-order valence-corrected chi connectivity index (χ0v) is 15.0. The van der Waals surface area contributed by atoms with Gasteiger partial charge in [0.05, 0.1) is 14.2 Å². The van der Waals surface area contributed by atoms with Crippen LogP contribution in [0.2, 0.25) is 0 Å². The molecule has 6 heteroatoms. The number of rotatable bonds is 6. The van der Waals surface area contributed by atoms with Crippen LogP contribution in [-0.2, 0) is 4.79 Å². The molecule has 0 aliphatic rings. The van der Waals surface area contributed by atoms with Gasteiger partial charge in [0.1, 0.15) is 0 Å². The number of amides is 1. The summed E-state index contributed by atoms with van der Waals surface area (Å²) < 4.78 is 10.7. The Labute approximate surface area is 157 Å². The molecule has 1 N–H and O–H groups in total. The number of carbonyl (C=O) groups excluding carboxylic acids is 1. The maximum Gasteiger partial charge on any atom is 0.250 e. The highest BCUT2D eigenvalue weighted by Gasteiger charge is 2.12. The third kappa shape index (κ3) is 4.49. The highest BCUT2D eigenvalue weighted by Crippen LogP contribution is 2.37. The Morgan fingerprint density at radius 3 is 2.37 bits per heavy atom. The van der Waals surface area contributed by atoms with Gasteiger partial charge < -0.3 is 9.47 Å². The highest BCUT2D eigenvalue weighted by molar-refractivity contribution is 6.00. The molecule has 27 heavy (non-hydrogen) atoms. The van der Waals surface area contributed by atoms with Crippen LogP contribution in [0.25, 0.3) is 17.2 Å². The second-order valence-corrected chi connectivity index (χ2v) is 5.57. The van der Waals surface area contributed by atoms with E-state index in [1.54, 1.807) is 32.7 Å². The average molecular weight is 361 g/mol. The van der Waals surface area contributed by atoms with Crippen LogP contribution < -0.4 is 14.8 Å². The van der Waals surface area contributed by atoms with Crippen LogP contribution in [0.5, 0.6) is 11.5 Å². The molecule has 1 aromatic heterocycles. The monoisotopic (exact) mass is 361 g/mol. The van der Waals surface area contributed by atoms with Crippen molar-refractivity contribution in [1.29, 1.82) is 0 Å². The SMILES string of the molecule is COc1cccc(-c2cnc(NC(=O)C=Cc3ccccc3)nc2)c1OC. The van der Waals surface area contributed by atoms with Gasteiger partial charge in [-0.05, 0) is 17.7 Å². The lowest BCUT2D eigenvalue weighted by atomic mass is 10.1. The van der Waals surface area contributed by atoms with Gasteiger partial charge in [-0.15, -0.1) is 0 Å². The summed E-state index contributed by atoms with van der Waals surface area (Å²) >= 11 is 0. The van der Waals surface area contributed by atoms with Crippen LogP contribution in [0.3, 0.4) is 0 Å². The molecule has 0 fully saturated rings. The molecule has 1 amide bonds. The fourth-order valence-electron chi connectivity index (χ4n) is 2.53. The number of hydrogen-bond acceptors (Lipinski definition) is 5. The zero-order chi connectivity index (χ0) is 19.1. The first-order chi connectivity index (χ1) is 13.2. The number of methoxy groups -OCH3 is 2. The molecule has 0 aliphatic heterocycles. The first kappa shape index (κ1) is 18.1. The first-order valence-electron chi connectivity index (χ1n) is 8.29. The largest absolute Gasteiger partial charge is 0.493 e. The predicted octanol–water partition coefficient (Wildman–Crippen LogP) is 3.81. The van der Waals surface area contributed by atoms with E-state index in [0.29, 0.717) is 11.5 Å². The van der Waals surface area contributed by atoms with E-state index in [2.05, 4.69) is 15.3 Å². The number of ether oxygens (including phenoxy) is 2. The molecule has 3 aromatic rings. The van der Waals surface area contributed by atoms with Gasteiger partial charge in [0.25, 0.3) is 5.91 Å². The summed E-state index contributed by atoms with van der Waals surface area (Å²) in [5.41, 5.74) is 2.50. The van der Waals surface area contributed by atoms with E-state index in [-0.39, 0.29) is 11.9 Å². The second-order valence-electron chi connectivity index (χ2n) is 5.57. The number of anilines is 1. The molecule has 136 valence electrons. The lowest BCUT2D eigenvalue weighted by Crippen LogP contribution is -2.10. The number of aromatic nitrogens is 2. The summed E-state index contributed by atoms with van der Waals surface area (Å²) in [6, 6.07) is 15.1. The molecule has 0 bridgehead atoms. The topological polar surface area (TPSA) is 73.3 Å². The summed E-state index contributed by atoms with van der Waals surface area (Å²) in [7, 11) is 3.16. The van der Waals surface area contributed by atoms with E-state index in [4.69, 9.17) is 9.47 Å². The highest BCUT2D eigenvalue weighted by atomic mass is 16.5. The van der Waals surface area contributed by atoms with E-state index in [9.17, 15) is 4.79 Å². The number of para-hydroxylation sites is 1. The predicted molar refractivity (Wildman–Crippen MR) is 105 cm³/mol. The van der Waals surface area contributed by atoms with Gasteiger partial charge in [0.2, 0.25) is 5.95 Å².